The van der Waals surface area contributed by atoms with Crippen LogP contribution in [0.25, 0.3) is 0 Å². The molecule has 29 heavy (non-hydrogen) atoms. The fourth-order valence-electron chi connectivity index (χ4n) is 3.06. The molecule has 1 aromatic heterocycles. The number of ether oxygens (including phenoxy) is 1. The van der Waals surface area contributed by atoms with Crippen molar-refractivity contribution in [2.45, 2.75) is 12.5 Å². The average molecular weight is 401 g/mol. The summed E-state index contributed by atoms with van der Waals surface area (Å²) in [5.41, 5.74) is 3.52. The Balaban J connectivity index is 1.45. The Labute approximate surface area is 173 Å². The first-order valence-electron chi connectivity index (χ1n) is 9.32. The maximum atomic E-state index is 13.0. The van der Waals surface area contributed by atoms with Crippen LogP contribution in [0.4, 0.5) is 10.8 Å². The Morgan fingerprint density at radius 2 is 1.41 bits per heavy atom. The van der Waals surface area contributed by atoms with Crippen molar-refractivity contribution in [3.63, 3.8) is 0 Å². The van der Waals surface area contributed by atoms with E-state index in [9.17, 15) is 4.79 Å². The fraction of sp³-hybridized carbons (Fsp3) is 0.0833. The highest BCUT2D eigenvalue weighted by molar-refractivity contribution is 7.13. The molecule has 0 atom stereocenters. The zero-order valence-corrected chi connectivity index (χ0v) is 16.5. The number of aromatic nitrogens is 1. The van der Waals surface area contributed by atoms with E-state index < -0.39 is 5.92 Å². The van der Waals surface area contributed by atoms with Gasteiger partial charge in [-0.05, 0) is 23.3 Å². The number of hydrogen-bond donors (Lipinski definition) is 1. The van der Waals surface area contributed by atoms with Crippen LogP contribution in [0.15, 0.2) is 96.4 Å². The first-order chi connectivity index (χ1) is 14.3. The van der Waals surface area contributed by atoms with Crippen molar-refractivity contribution >= 4 is 28.1 Å². The first kappa shape index (κ1) is 18.9. The second kappa shape index (κ2) is 9.17. The van der Waals surface area contributed by atoms with Gasteiger partial charge in [0.25, 0.3) is 0 Å². The second-order valence-corrected chi connectivity index (χ2v) is 7.36. The third-order valence-corrected chi connectivity index (χ3v) is 5.25. The average Bonchev–Trinajstić information content (AvgIpc) is 3.22. The van der Waals surface area contributed by atoms with E-state index in [0.717, 1.165) is 27.6 Å². The number of para-hydroxylation sites is 1. The molecule has 0 saturated carbocycles. The number of hydrogen-bond acceptors (Lipinski definition) is 5. The van der Waals surface area contributed by atoms with Gasteiger partial charge in [0.1, 0.15) is 12.5 Å². The molecule has 0 spiro atoms. The topological polar surface area (TPSA) is 51.2 Å². The van der Waals surface area contributed by atoms with E-state index in [1.165, 1.54) is 11.3 Å². The largest absolute Gasteiger partial charge is 0.458 e. The van der Waals surface area contributed by atoms with Crippen LogP contribution in [0.3, 0.4) is 0 Å². The van der Waals surface area contributed by atoms with Crippen LogP contribution in [-0.2, 0) is 16.1 Å². The molecule has 1 N–H and O–H groups in total. The molecule has 0 aliphatic carbocycles. The molecule has 5 heteroatoms. The summed E-state index contributed by atoms with van der Waals surface area (Å²) in [5, 5.41) is 5.92. The molecule has 0 bridgehead atoms. The van der Waals surface area contributed by atoms with Gasteiger partial charge in [-0.15, -0.1) is 11.3 Å². The molecule has 0 radical (unpaired) electrons. The summed E-state index contributed by atoms with van der Waals surface area (Å²) >= 11 is 1.48. The molecule has 3 aromatic carbocycles. The number of thiazole rings is 1. The Bertz CT molecular complexity index is 1010. The third-order valence-electron chi connectivity index (χ3n) is 4.44. The van der Waals surface area contributed by atoms with Crippen LogP contribution in [0.1, 0.15) is 22.7 Å². The molecule has 144 valence electrons. The minimum Gasteiger partial charge on any atom is -0.458 e. The van der Waals surface area contributed by atoms with Gasteiger partial charge in [-0.2, -0.15) is 0 Å². The van der Waals surface area contributed by atoms with Crippen molar-refractivity contribution in [2.75, 3.05) is 5.32 Å². The first-order valence-corrected chi connectivity index (χ1v) is 10.2. The fourth-order valence-corrected chi connectivity index (χ4v) is 3.77. The lowest BCUT2D eigenvalue weighted by Crippen LogP contribution is -2.17. The smallest absolute Gasteiger partial charge is 0.318 e. The van der Waals surface area contributed by atoms with Crippen LogP contribution in [-0.4, -0.2) is 11.0 Å². The maximum absolute atomic E-state index is 13.0. The van der Waals surface area contributed by atoms with Crippen molar-refractivity contribution in [1.82, 2.24) is 4.98 Å². The standard InChI is InChI=1S/C24H20N2O2S/c27-23(22(18-10-4-1-5-11-18)19-12-6-2-7-13-19)28-16-21-17-29-24(26-21)25-20-14-8-3-9-15-20/h1-15,17,22H,16H2,(H,25,26). The Hall–Kier alpha value is -3.44. The van der Waals surface area contributed by atoms with E-state index in [-0.39, 0.29) is 12.6 Å². The van der Waals surface area contributed by atoms with Crippen molar-refractivity contribution in [3.8, 4) is 0 Å². The molecule has 0 aliphatic rings. The van der Waals surface area contributed by atoms with Gasteiger partial charge >= 0.3 is 5.97 Å². The number of anilines is 2. The molecule has 0 amide bonds. The molecule has 0 unspecified atom stereocenters. The number of carbonyl (C=O) groups is 1. The molecule has 4 nitrogen and oxygen atoms in total. The number of rotatable bonds is 7. The zero-order valence-electron chi connectivity index (χ0n) is 15.7. The highest BCUT2D eigenvalue weighted by Gasteiger charge is 2.24. The Morgan fingerprint density at radius 1 is 0.862 bits per heavy atom. The van der Waals surface area contributed by atoms with Gasteiger partial charge < -0.3 is 10.1 Å². The second-order valence-electron chi connectivity index (χ2n) is 6.50. The lowest BCUT2D eigenvalue weighted by molar-refractivity contribution is -0.145. The summed E-state index contributed by atoms with van der Waals surface area (Å²) in [5.74, 6) is -0.745. The van der Waals surface area contributed by atoms with Gasteiger partial charge in [0, 0.05) is 11.1 Å². The van der Waals surface area contributed by atoms with E-state index in [1.54, 1.807) is 0 Å². The molecular weight excluding hydrogens is 380 g/mol. The lowest BCUT2D eigenvalue weighted by Gasteiger charge is -2.16. The summed E-state index contributed by atoms with van der Waals surface area (Å²) in [6.45, 7) is 0.141. The number of nitrogens with zero attached hydrogens (tertiary/aromatic N) is 1. The monoisotopic (exact) mass is 400 g/mol. The van der Waals surface area contributed by atoms with Crippen molar-refractivity contribution in [1.29, 1.82) is 0 Å². The highest BCUT2D eigenvalue weighted by atomic mass is 32.1. The molecule has 4 rings (SSSR count). The van der Waals surface area contributed by atoms with Gasteiger partial charge in [0.2, 0.25) is 0 Å². The normalized spacial score (nSPS) is 10.7. The molecule has 1 heterocycles. The minimum absolute atomic E-state index is 0.141. The van der Waals surface area contributed by atoms with E-state index in [4.69, 9.17) is 4.74 Å². The van der Waals surface area contributed by atoms with Crippen LogP contribution in [0.2, 0.25) is 0 Å². The van der Waals surface area contributed by atoms with Gasteiger partial charge in [0.05, 0.1) is 5.69 Å². The van der Waals surface area contributed by atoms with E-state index in [1.807, 2.05) is 96.4 Å². The molecule has 4 aromatic rings. The van der Waals surface area contributed by atoms with Crippen LogP contribution in [0.5, 0.6) is 0 Å². The van der Waals surface area contributed by atoms with Crippen molar-refractivity contribution in [2.24, 2.45) is 0 Å². The summed E-state index contributed by atoms with van der Waals surface area (Å²) < 4.78 is 5.64. The molecular formula is C24H20N2O2S. The zero-order chi connectivity index (χ0) is 19.9. The lowest BCUT2D eigenvalue weighted by atomic mass is 9.91. The van der Waals surface area contributed by atoms with E-state index in [2.05, 4.69) is 10.3 Å². The van der Waals surface area contributed by atoms with Crippen molar-refractivity contribution in [3.05, 3.63) is 113 Å². The summed E-state index contributed by atoms with van der Waals surface area (Å²) in [6.07, 6.45) is 0. The van der Waals surface area contributed by atoms with Gasteiger partial charge in [-0.1, -0.05) is 78.9 Å². The van der Waals surface area contributed by atoms with Crippen LogP contribution >= 0.6 is 11.3 Å². The molecule has 0 aliphatic heterocycles. The maximum Gasteiger partial charge on any atom is 0.318 e. The molecule has 0 fully saturated rings. The number of carbonyl (C=O) groups excluding carboxylic acids is 1. The summed E-state index contributed by atoms with van der Waals surface area (Å²) in [6, 6.07) is 29.2. The number of benzene rings is 3. The van der Waals surface area contributed by atoms with Gasteiger partial charge in [0.15, 0.2) is 5.13 Å². The summed E-state index contributed by atoms with van der Waals surface area (Å²) in [4.78, 5) is 17.5. The quantitative estimate of drug-likeness (QED) is 0.401. The number of esters is 1. The van der Waals surface area contributed by atoms with Crippen LogP contribution < -0.4 is 5.32 Å². The van der Waals surface area contributed by atoms with E-state index >= 15 is 0 Å². The minimum atomic E-state index is -0.460. The summed E-state index contributed by atoms with van der Waals surface area (Å²) in [7, 11) is 0. The van der Waals surface area contributed by atoms with Crippen LogP contribution in [0, 0.1) is 0 Å². The van der Waals surface area contributed by atoms with Gasteiger partial charge in [-0.3, -0.25) is 4.79 Å². The highest BCUT2D eigenvalue weighted by Crippen LogP contribution is 2.27. The predicted octanol–water partition coefficient (Wildman–Crippen LogP) is 5.76. The van der Waals surface area contributed by atoms with E-state index in [0.29, 0.717) is 0 Å². The predicted molar refractivity (Wildman–Crippen MR) is 116 cm³/mol. The third kappa shape index (κ3) is 4.89. The SMILES string of the molecule is O=C(OCc1csc(Nc2ccccc2)n1)C(c1ccccc1)c1ccccc1. The molecule has 0 saturated heterocycles. The Kier molecular flexibility index (Phi) is 5.98. The van der Waals surface area contributed by atoms with Gasteiger partial charge in [-0.25, -0.2) is 4.98 Å². The van der Waals surface area contributed by atoms with Crippen molar-refractivity contribution < 1.29 is 9.53 Å². The number of nitrogens with one attached hydrogen (secondary N) is 1. The Morgan fingerprint density at radius 3 is 2.00 bits per heavy atom.